The Morgan fingerprint density at radius 3 is 2.68 bits per heavy atom. The number of nitrogens with one attached hydrogen (secondary N) is 1. The van der Waals surface area contributed by atoms with E-state index in [4.69, 9.17) is 4.74 Å². The van der Waals surface area contributed by atoms with Gasteiger partial charge >= 0.3 is 5.97 Å². The zero-order valence-corrected chi connectivity index (χ0v) is 13.8. The molecule has 0 saturated heterocycles. The number of halogens is 2. The van der Waals surface area contributed by atoms with Crippen molar-refractivity contribution in [1.82, 2.24) is 4.98 Å². The van der Waals surface area contributed by atoms with Gasteiger partial charge in [0.25, 0.3) is 0 Å². The van der Waals surface area contributed by atoms with Crippen LogP contribution in [0, 0.1) is 18.6 Å². The lowest BCUT2D eigenvalue weighted by molar-refractivity contribution is -0.139. The van der Waals surface area contributed by atoms with Crippen LogP contribution in [-0.2, 0) is 16.0 Å². The fraction of sp³-hybridized carbons (Fsp3) is 0.158. The summed E-state index contributed by atoms with van der Waals surface area (Å²) in [6.07, 6.45) is -0.00862. The average molecular weight is 342 g/mol. The van der Waals surface area contributed by atoms with Crippen LogP contribution in [0.3, 0.4) is 0 Å². The minimum atomic E-state index is -0.720. The first-order valence-electron chi connectivity index (χ1n) is 7.66. The summed E-state index contributed by atoms with van der Waals surface area (Å²) in [6, 6.07) is 10.6. The molecule has 0 fully saturated rings. The number of fused-ring (bicyclic) bond motifs is 1. The molecular weight excluding hydrogens is 326 g/mol. The monoisotopic (exact) mass is 342 g/mol. The van der Waals surface area contributed by atoms with Crippen LogP contribution in [0.25, 0.3) is 10.9 Å². The molecule has 0 radical (unpaired) electrons. The summed E-state index contributed by atoms with van der Waals surface area (Å²) in [5, 5.41) is 3.72. The molecule has 6 heteroatoms. The van der Waals surface area contributed by atoms with Crippen LogP contribution >= 0.6 is 0 Å². The smallest absolute Gasteiger partial charge is 0.310 e. The molecule has 128 valence electrons. The molecule has 0 aliphatic heterocycles. The summed E-state index contributed by atoms with van der Waals surface area (Å²) < 4.78 is 32.0. The first-order chi connectivity index (χ1) is 12.0. The Balaban J connectivity index is 2.18. The maximum atomic E-state index is 14.1. The number of hydrogen-bond donors (Lipinski definition) is 1. The Morgan fingerprint density at radius 1 is 1.20 bits per heavy atom. The molecule has 3 rings (SSSR count). The number of carbonyl (C=O) groups excluding carboxylic acids is 1. The van der Waals surface area contributed by atoms with Gasteiger partial charge < -0.3 is 10.1 Å². The zero-order chi connectivity index (χ0) is 18.0. The van der Waals surface area contributed by atoms with Gasteiger partial charge in [0.05, 0.1) is 30.4 Å². The second-order valence-corrected chi connectivity index (χ2v) is 5.57. The van der Waals surface area contributed by atoms with Gasteiger partial charge in [0.1, 0.15) is 11.6 Å². The van der Waals surface area contributed by atoms with Crippen molar-refractivity contribution in [1.29, 1.82) is 0 Å². The molecule has 2 aromatic carbocycles. The van der Waals surface area contributed by atoms with Crippen LogP contribution in [0.2, 0.25) is 0 Å². The molecule has 0 unspecified atom stereocenters. The lowest BCUT2D eigenvalue weighted by atomic mass is 10.0. The van der Waals surface area contributed by atoms with Crippen molar-refractivity contribution in [2.45, 2.75) is 13.3 Å². The maximum absolute atomic E-state index is 14.1. The van der Waals surface area contributed by atoms with Gasteiger partial charge in [-0.3, -0.25) is 9.78 Å². The molecule has 25 heavy (non-hydrogen) atoms. The number of para-hydroxylation sites is 1. The number of aryl methyl sites for hydroxylation is 1. The van der Waals surface area contributed by atoms with E-state index in [1.165, 1.54) is 19.2 Å². The number of rotatable bonds is 4. The van der Waals surface area contributed by atoms with Crippen LogP contribution in [-0.4, -0.2) is 18.1 Å². The predicted octanol–water partition coefficient (Wildman–Crippen LogP) is 4.28. The number of methoxy groups -OCH3 is 1. The third-order valence-corrected chi connectivity index (χ3v) is 3.94. The normalized spacial score (nSPS) is 10.7. The first kappa shape index (κ1) is 16.8. The molecule has 1 N–H and O–H groups in total. The molecule has 0 bridgehead atoms. The number of carbonyl (C=O) groups is 1. The Morgan fingerprint density at radius 2 is 1.96 bits per heavy atom. The highest BCUT2D eigenvalue weighted by Crippen LogP contribution is 2.32. The van der Waals surface area contributed by atoms with Crippen molar-refractivity contribution in [3.63, 3.8) is 0 Å². The number of benzene rings is 2. The van der Waals surface area contributed by atoms with E-state index in [1.807, 2.05) is 24.3 Å². The van der Waals surface area contributed by atoms with Crippen molar-refractivity contribution in [3.8, 4) is 0 Å². The van der Waals surface area contributed by atoms with Gasteiger partial charge in [0, 0.05) is 22.7 Å². The highest BCUT2D eigenvalue weighted by atomic mass is 19.1. The van der Waals surface area contributed by atoms with Gasteiger partial charge in [0.15, 0.2) is 0 Å². The van der Waals surface area contributed by atoms with Gasteiger partial charge in [-0.05, 0) is 25.1 Å². The molecule has 0 atom stereocenters. The van der Waals surface area contributed by atoms with E-state index in [-0.39, 0.29) is 12.1 Å². The molecule has 0 aliphatic rings. The van der Waals surface area contributed by atoms with E-state index < -0.39 is 17.6 Å². The molecule has 1 aromatic heterocycles. The van der Waals surface area contributed by atoms with Crippen LogP contribution in [0.4, 0.5) is 20.2 Å². The van der Waals surface area contributed by atoms with Crippen molar-refractivity contribution >= 4 is 28.2 Å². The van der Waals surface area contributed by atoms with Crippen LogP contribution in [0.15, 0.2) is 42.5 Å². The summed E-state index contributed by atoms with van der Waals surface area (Å²) in [5.74, 6) is -1.81. The first-order valence-corrected chi connectivity index (χ1v) is 7.66. The van der Waals surface area contributed by atoms with Crippen LogP contribution < -0.4 is 5.32 Å². The highest BCUT2D eigenvalue weighted by Gasteiger charge is 2.17. The van der Waals surface area contributed by atoms with E-state index in [0.717, 1.165) is 11.5 Å². The van der Waals surface area contributed by atoms with E-state index in [2.05, 4.69) is 10.3 Å². The summed E-state index contributed by atoms with van der Waals surface area (Å²) in [6.45, 7) is 1.77. The predicted molar refractivity (Wildman–Crippen MR) is 91.8 cm³/mol. The number of ether oxygens (including phenoxy) is 1. The Hall–Kier alpha value is -3.02. The van der Waals surface area contributed by atoms with E-state index in [9.17, 15) is 13.6 Å². The highest BCUT2D eigenvalue weighted by molar-refractivity contribution is 5.96. The van der Waals surface area contributed by atoms with E-state index in [0.29, 0.717) is 22.5 Å². The Kier molecular flexibility index (Phi) is 4.61. The Labute approximate surface area is 143 Å². The molecule has 0 spiro atoms. The molecule has 0 aliphatic carbocycles. The zero-order valence-electron chi connectivity index (χ0n) is 13.8. The third kappa shape index (κ3) is 3.42. The second-order valence-electron chi connectivity index (χ2n) is 5.57. The van der Waals surface area contributed by atoms with Crippen molar-refractivity contribution in [2.75, 3.05) is 12.4 Å². The summed E-state index contributed by atoms with van der Waals surface area (Å²) in [4.78, 5) is 16.3. The molecule has 0 saturated carbocycles. The molecular formula is C19H16F2N2O2. The van der Waals surface area contributed by atoms with E-state index in [1.54, 1.807) is 6.92 Å². The maximum Gasteiger partial charge on any atom is 0.310 e. The number of pyridine rings is 1. The van der Waals surface area contributed by atoms with Gasteiger partial charge in [-0.1, -0.05) is 18.2 Å². The number of anilines is 2. The number of nitrogens with zero attached hydrogens (tertiary/aromatic N) is 1. The summed E-state index contributed by atoms with van der Waals surface area (Å²) in [5.41, 5.74) is 2.62. The van der Waals surface area contributed by atoms with Crippen molar-refractivity contribution < 1.29 is 18.3 Å². The van der Waals surface area contributed by atoms with Crippen LogP contribution in [0.1, 0.15) is 11.3 Å². The van der Waals surface area contributed by atoms with Crippen LogP contribution in [0.5, 0.6) is 0 Å². The van der Waals surface area contributed by atoms with Gasteiger partial charge in [0.2, 0.25) is 0 Å². The van der Waals surface area contributed by atoms with Gasteiger partial charge in [-0.15, -0.1) is 0 Å². The molecule has 4 nitrogen and oxygen atoms in total. The summed E-state index contributed by atoms with van der Waals surface area (Å²) >= 11 is 0. The number of aromatic nitrogens is 1. The van der Waals surface area contributed by atoms with Gasteiger partial charge in [-0.25, -0.2) is 8.78 Å². The number of hydrogen-bond acceptors (Lipinski definition) is 4. The number of esters is 1. The lowest BCUT2D eigenvalue weighted by Crippen LogP contribution is -2.10. The fourth-order valence-electron chi connectivity index (χ4n) is 2.68. The standard InChI is InChI=1S/C19H16F2N2O2/c1-11-14(10-18(24)25-2)19(13-5-3-4-6-16(13)22-11)23-17-8-7-12(20)9-15(17)21/h3-9H,10H2,1-2H3,(H,22,23). The largest absolute Gasteiger partial charge is 0.469 e. The van der Waals surface area contributed by atoms with E-state index >= 15 is 0 Å². The van der Waals surface area contributed by atoms with Crippen molar-refractivity contribution in [2.24, 2.45) is 0 Å². The summed E-state index contributed by atoms with van der Waals surface area (Å²) in [7, 11) is 1.30. The fourth-order valence-corrected chi connectivity index (χ4v) is 2.68. The minimum absolute atomic E-state index is 0.00862. The van der Waals surface area contributed by atoms with Crippen molar-refractivity contribution in [3.05, 3.63) is 65.4 Å². The average Bonchev–Trinajstić information content (AvgIpc) is 2.59. The molecule has 1 heterocycles. The van der Waals surface area contributed by atoms with Gasteiger partial charge in [-0.2, -0.15) is 0 Å². The SMILES string of the molecule is COC(=O)Cc1c(C)nc2ccccc2c1Nc1ccc(F)cc1F. The minimum Gasteiger partial charge on any atom is -0.469 e. The lowest BCUT2D eigenvalue weighted by Gasteiger charge is -2.17. The molecule has 3 aromatic rings. The topological polar surface area (TPSA) is 51.2 Å². The Bertz CT molecular complexity index is 958. The third-order valence-electron chi connectivity index (χ3n) is 3.94. The quantitative estimate of drug-likeness (QED) is 0.719. The molecule has 0 amide bonds. The second kappa shape index (κ2) is 6.84.